The van der Waals surface area contributed by atoms with E-state index in [-0.39, 0.29) is 5.54 Å². The van der Waals surface area contributed by atoms with E-state index in [1.807, 2.05) is 0 Å². The Labute approximate surface area is 166 Å². The summed E-state index contributed by atoms with van der Waals surface area (Å²) in [5.41, 5.74) is 0.265. The summed E-state index contributed by atoms with van der Waals surface area (Å²) in [5.74, 6) is 0. The molecule has 1 nitrogen and oxygen atoms in total. The number of rotatable bonds is 20. The lowest BCUT2D eigenvalue weighted by Gasteiger charge is -2.30. The summed E-state index contributed by atoms with van der Waals surface area (Å²) >= 11 is 0. The summed E-state index contributed by atoms with van der Waals surface area (Å²) in [6.07, 6.45) is 28.0. The SMILES string of the molecule is CCCCCCCCCCCC=NC(CCCC)(CCCC)CCCC. The quantitative estimate of drug-likeness (QED) is 0.150. The second-order valence-corrected chi connectivity index (χ2v) is 8.46. The van der Waals surface area contributed by atoms with Gasteiger partial charge in [0, 0.05) is 0 Å². The van der Waals surface area contributed by atoms with Crippen molar-refractivity contribution in [2.24, 2.45) is 4.99 Å². The van der Waals surface area contributed by atoms with E-state index in [1.165, 1.54) is 122 Å². The van der Waals surface area contributed by atoms with E-state index in [0.717, 1.165) is 0 Å². The molecular weight excluding hydrogens is 314 g/mol. The highest BCUT2D eigenvalue weighted by molar-refractivity contribution is 5.57. The molecule has 0 heterocycles. The highest BCUT2D eigenvalue weighted by Crippen LogP contribution is 2.31. The molecule has 0 aromatic rings. The topological polar surface area (TPSA) is 12.4 Å². The molecule has 0 unspecified atom stereocenters. The minimum Gasteiger partial charge on any atom is -0.291 e. The molecule has 0 fully saturated rings. The van der Waals surface area contributed by atoms with Crippen LogP contribution < -0.4 is 0 Å². The molecule has 0 spiro atoms. The maximum absolute atomic E-state index is 5.21. The lowest BCUT2D eigenvalue weighted by atomic mass is 9.83. The van der Waals surface area contributed by atoms with Crippen LogP contribution in [0, 0.1) is 0 Å². The largest absolute Gasteiger partial charge is 0.291 e. The summed E-state index contributed by atoms with van der Waals surface area (Å²) in [6.45, 7) is 9.24. The average molecular weight is 366 g/mol. The lowest BCUT2D eigenvalue weighted by Crippen LogP contribution is -2.27. The molecular formula is C25H51N. The molecule has 0 saturated carbocycles. The molecule has 0 aliphatic carbocycles. The third-order valence-electron chi connectivity index (χ3n) is 5.79. The van der Waals surface area contributed by atoms with Crippen LogP contribution in [0.4, 0.5) is 0 Å². The summed E-state index contributed by atoms with van der Waals surface area (Å²) in [6, 6.07) is 0. The first-order chi connectivity index (χ1) is 12.7. The third-order valence-corrected chi connectivity index (χ3v) is 5.79. The van der Waals surface area contributed by atoms with Gasteiger partial charge in [-0.2, -0.15) is 0 Å². The van der Waals surface area contributed by atoms with Gasteiger partial charge < -0.3 is 0 Å². The van der Waals surface area contributed by atoms with E-state index in [4.69, 9.17) is 4.99 Å². The van der Waals surface area contributed by atoms with Gasteiger partial charge in [-0.1, -0.05) is 118 Å². The van der Waals surface area contributed by atoms with Gasteiger partial charge in [-0.25, -0.2) is 0 Å². The van der Waals surface area contributed by atoms with Crippen LogP contribution in [0.3, 0.4) is 0 Å². The Morgan fingerprint density at radius 2 is 0.885 bits per heavy atom. The van der Waals surface area contributed by atoms with Crippen molar-refractivity contribution in [3.8, 4) is 0 Å². The molecule has 156 valence electrons. The van der Waals surface area contributed by atoms with Crippen molar-refractivity contribution < 1.29 is 0 Å². The van der Waals surface area contributed by atoms with E-state index in [0.29, 0.717) is 0 Å². The predicted molar refractivity (Wildman–Crippen MR) is 122 cm³/mol. The van der Waals surface area contributed by atoms with Crippen LogP contribution in [0.1, 0.15) is 150 Å². The molecule has 0 aliphatic rings. The molecule has 0 atom stereocenters. The first-order valence-corrected chi connectivity index (χ1v) is 12.3. The number of hydrogen-bond acceptors (Lipinski definition) is 1. The van der Waals surface area contributed by atoms with Crippen LogP contribution in [-0.2, 0) is 0 Å². The molecule has 0 saturated heterocycles. The highest BCUT2D eigenvalue weighted by Gasteiger charge is 2.26. The monoisotopic (exact) mass is 365 g/mol. The average Bonchev–Trinajstić information content (AvgIpc) is 2.66. The van der Waals surface area contributed by atoms with Crippen molar-refractivity contribution in [2.75, 3.05) is 0 Å². The van der Waals surface area contributed by atoms with Crippen LogP contribution >= 0.6 is 0 Å². The van der Waals surface area contributed by atoms with Gasteiger partial charge in [0.05, 0.1) is 5.54 Å². The number of nitrogens with zero attached hydrogens (tertiary/aromatic N) is 1. The van der Waals surface area contributed by atoms with Gasteiger partial charge in [-0.3, -0.25) is 4.99 Å². The summed E-state index contributed by atoms with van der Waals surface area (Å²) in [4.78, 5) is 5.21. The van der Waals surface area contributed by atoms with Crippen LogP contribution in [-0.4, -0.2) is 11.8 Å². The van der Waals surface area contributed by atoms with Crippen molar-refractivity contribution in [1.82, 2.24) is 0 Å². The van der Waals surface area contributed by atoms with Crippen molar-refractivity contribution in [1.29, 1.82) is 0 Å². The lowest BCUT2D eigenvalue weighted by molar-refractivity contribution is 0.316. The van der Waals surface area contributed by atoms with E-state index in [9.17, 15) is 0 Å². The minimum absolute atomic E-state index is 0.265. The minimum atomic E-state index is 0.265. The van der Waals surface area contributed by atoms with E-state index in [2.05, 4.69) is 33.9 Å². The fourth-order valence-corrected chi connectivity index (χ4v) is 3.89. The van der Waals surface area contributed by atoms with Gasteiger partial charge in [0.15, 0.2) is 0 Å². The molecule has 1 heteroatoms. The molecule has 26 heavy (non-hydrogen) atoms. The molecule has 0 radical (unpaired) electrons. The Hall–Kier alpha value is -0.330. The van der Waals surface area contributed by atoms with Crippen LogP contribution in [0.25, 0.3) is 0 Å². The molecule has 0 rings (SSSR count). The smallest absolute Gasteiger partial charge is 0.0604 e. The van der Waals surface area contributed by atoms with Crippen molar-refractivity contribution in [2.45, 2.75) is 155 Å². The van der Waals surface area contributed by atoms with Gasteiger partial charge in [-0.15, -0.1) is 0 Å². The molecule has 0 N–H and O–H groups in total. The molecule has 0 aliphatic heterocycles. The third kappa shape index (κ3) is 14.8. The van der Waals surface area contributed by atoms with Gasteiger partial charge in [-0.05, 0) is 38.3 Å². The Kier molecular flexibility index (Phi) is 19.2. The first kappa shape index (κ1) is 25.7. The molecule has 0 bridgehead atoms. The Bertz CT molecular complexity index is 273. The maximum atomic E-state index is 5.21. The van der Waals surface area contributed by atoms with E-state index in [1.54, 1.807) is 0 Å². The summed E-state index contributed by atoms with van der Waals surface area (Å²) < 4.78 is 0. The van der Waals surface area contributed by atoms with Gasteiger partial charge in [0.1, 0.15) is 0 Å². The standard InChI is InChI=1S/C25H51N/c1-5-9-13-14-15-16-17-18-19-20-24-26-25(21-10-6-2,22-11-7-3)23-12-8-4/h24H,5-23H2,1-4H3. The van der Waals surface area contributed by atoms with Gasteiger partial charge in [0.2, 0.25) is 0 Å². The van der Waals surface area contributed by atoms with E-state index < -0.39 is 0 Å². The fraction of sp³-hybridized carbons (Fsp3) is 0.960. The van der Waals surface area contributed by atoms with Crippen LogP contribution in [0.2, 0.25) is 0 Å². The Morgan fingerprint density at radius 1 is 0.500 bits per heavy atom. The second kappa shape index (κ2) is 19.4. The number of unbranched alkanes of at least 4 members (excludes halogenated alkanes) is 12. The molecule has 0 aromatic carbocycles. The Balaban J connectivity index is 4.12. The van der Waals surface area contributed by atoms with Crippen molar-refractivity contribution in [3.05, 3.63) is 0 Å². The van der Waals surface area contributed by atoms with Crippen LogP contribution in [0.5, 0.6) is 0 Å². The normalized spacial score (nSPS) is 12.3. The summed E-state index contributed by atoms with van der Waals surface area (Å²) in [7, 11) is 0. The zero-order chi connectivity index (χ0) is 19.3. The highest BCUT2D eigenvalue weighted by atomic mass is 14.8. The number of hydrogen-bond donors (Lipinski definition) is 0. The van der Waals surface area contributed by atoms with Gasteiger partial charge in [0.25, 0.3) is 0 Å². The predicted octanol–water partition coefficient (Wildman–Crippen LogP) is 9.29. The second-order valence-electron chi connectivity index (χ2n) is 8.46. The van der Waals surface area contributed by atoms with Crippen molar-refractivity contribution >= 4 is 6.21 Å². The van der Waals surface area contributed by atoms with Crippen LogP contribution in [0.15, 0.2) is 4.99 Å². The van der Waals surface area contributed by atoms with Gasteiger partial charge >= 0.3 is 0 Å². The first-order valence-electron chi connectivity index (χ1n) is 12.3. The Morgan fingerprint density at radius 3 is 1.31 bits per heavy atom. The van der Waals surface area contributed by atoms with E-state index >= 15 is 0 Å². The molecule has 0 amide bonds. The maximum Gasteiger partial charge on any atom is 0.0604 e. The molecule has 0 aromatic heterocycles. The zero-order valence-corrected chi connectivity index (χ0v) is 19.0. The zero-order valence-electron chi connectivity index (χ0n) is 19.0. The number of aliphatic imine (C=N–C) groups is 1. The van der Waals surface area contributed by atoms with Crippen molar-refractivity contribution in [3.63, 3.8) is 0 Å². The fourth-order valence-electron chi connectivity index (χ4n) is 3.89. The summed E-state index contributed by atoms with van der Waals surface area (Å²) in [5, 5.41) is 0.